The lowest BCUT2D eigenvalue weighted by atomic mass is 9.92. The lowest BCUT2D eigenvalue weighted by Gasteiger charge is -2.22. The van der Waals surface area contributed by atoms with E-state index in [9.17, 15) is 19.2 Å². The monoisotopic (exact) mass is 346 g/mol. The summed E-state index contributed by atoms with van der Waals surface area (Å²) in [6.07, 6.45) is 0. The lowest BCUT2D eigenvalue weighted by Crippen LogP contribution is -2.51. The summed E-state index contributed by atoms with van der Waals surface area (Å²) in [5.41, 5.74) is -1.15. The molecule has 8 heteroatoms. The number of rotatable bonds is 3. The Morgan fingerprint density at radius 1 is 1.16 bits per heavy atom. The molecule has 0 bridgehead atoms. The van der Waals surface area contributed by atoms with Crippen molar-refractivity contribution >= 4 is 23.9 Å². The minimum atomic E-state index is -1.24. The third kappa shape index (κ3) is 4.14. The van der Waals surface area contributed by atoms with Crippen molar-refractivity contribution in [2.75, 3.05) is 6.54 Å². The molecule has 1 heterocycles. The first kappa shape index (κ1) is 18.4. The minimum absolute atomic E-state index is 0.517. The van der Waals surface area contributed by atoms with Crippen molar-refractivity contribution in [1.82, 2.24) is 20.9 Å². The highest BCUT2D eigenvalue weighted by Crippen LogP contribution is 2.28. The van der Waals surface area contributed by atoms with E-state index in [1.54, 1.807) is 58.0 Å². The Bertz CT molecular complexity index is 711. The van der Waals surface area contributed by atoms with Crippen molar-refractivity contribution in [2.24, 2.45) is 0 Å². The summed E-state index contributed by atoms with van der Waals surface area (Å²) in [7, 11) is 0. The molecule has 0 radical (unpaired) electrons. The largest absolute Gasteiger partial charge is 0.333 e. The van der Waals surface area contributed by atoms with Crippen LogP contribution in [-0.4, -0.2) is 40.9 Å². The smallest absolute Gasteiger partial charge is 0.325 e. The number of nitrogens with one attached hydrogen (secondary N) is 3. The van der Waals surface area contributed by atoms with E-state index in [1.807, 2.05) is 0 Å². The number of nitrogens with zero attached hydrogens (tertiary/aromatic N) is 1. The molecule has 1 aliphatic rings. The number of carbonyl (C=O) groups is 4. The first-order chi connectivity index (χ1) is 11.5. The molecule has 134 valence electrons. The summed E-state index contributed by atoms with van der Waals surface area (Å²) in [4.78, 5) is 49.3. The molecule has 8 nitrogen and oxygen atoms in total. The summed E-state index contributed by atoms with van der Waals surface area (Å²) in [6, 6.07) is 7.39. The van der Waals surface area contributed by atoms with Gasteiger partial charge in [-0.25, -0.2) is 9.59 Å². The standard InChI is InChI=1S/C17H22N4O4/c1-16(2,3)19-14(24)18-12(22)10-21-13(23)17(4,20-15(21)25)11-8-6-5-7-9-11/h5-9H,10H2,1-4H3,(H,20,25)(H2,18,19,22,24)/t17-/m0/s1. The maximum Gasteiger partial charge on any atom is 0.325 e. The lowest BCUT2D eigenvalue weighted by molar-refractivity contribution is -0.134. The van der Waals surface area contributed by atoms with E-state index < -0.39 is 41.5 Å². The van der Waals surface area contributed by atoms with Gasteiger partial charge in [-0.2, -0.15) is 0 Å². The molecular weight excluding hydrogens is 324 g/mol. The van der Waals surface area contributed by atoms with Gasteiger partial charge in [0.25, 0.3) is 5.91 Å². The molecule has 6 amide bonds. The Morgan fingerprint density at radius 3 is 2.32 bits per heavy atom. The van der Waals surface area contributed by atoms with E-state index in [-0.39, 0.29) is 0 Å². The van der Waals surface area contributed by atoms with Crippen molar-refractivity contribution in [2.45, 2.75) is 38.8 Å². The van der Waals surface area contributed by atoms with E-state index in [4.69, 9.17) is 0 Å². The van der Waals surface area contributed by atoms with Gasteiger partial charge in [0.2, 0.25) is 5.91 Å². The molecule has 3 N–H and O–H groups in total. The van der Waals surface area contributed by atoms with E-state index in [0.717, 1.165) is 4.90 Å². The topological polar surface area (TPSA) is 108 Å². The van der Waals surface area contributed by atoms with Crippen molar-refractivity contribution in [3.8, 4) is 0 Å². The van der Waals surface area contributed by atoms with Crippen LogP contribution < -0.4 is 16.0 Å². The average Bonchev–Trinajstić information content (AvgIpc) is 2.70. The van der Waals surface area contributed by atoms with Crippen LogP contribution in [0.2, 0.25) is 0 Å². The normalized spacial score (nSPS) is 20.2. The van der Waals surface area contributed by atoms with Crippen LogP contribution in [-0.2, 0) is 15.1 Å². The van der Waals surface area contributed by atoms with Crippen molar-refractivity contribution in [3.63, 3.8) is 0 Å². The Morgan fingerprint density at radius 2 is 1.76 bits per heavy atom. The molecule has 0 spiro atoms. The van der Waals surface area contributed by atoms with Crippen LogP contribution in [0.1, 0.15) is 33.3 Å². The molecule has 1 atom stereocenters. The number of urea groups is 2. The van der Waals surface area contributed by atoms with Crippen LogP contribution >= 0.6 is 0 Å². The fourth-order valence-electron chi connectivity index (χ4n) is 2.49. The van der Waals surface area contributed by atoms with Gasteiger partial charge in [-0.1, -0.05) is 30.3 Å². The molecule has 1 saturated heterocycles. The molecular formula is C17H22N4O4. The van der Waals surface area contributed by atoms with Gasteiger partial charge in [-0.3, -0.25) is 19.8 Å². The Hall–Kier alpha value is -2.90. The summed E-state index contributed by atoms with van der Waals surface area (Å²) in [5, 5.41) is 7.27. The summed E-state index contributed by atoms with van der Waals surface area (Å²) in [5.74, 6) is -1.29. The molecule has 0 unspecified atom stereocenters. The van der Waals surface area contributed by atoms with E-state index >= 15 is 0 Å². The Labute approximate surface area is 145 Å². The Kier molecular flexibility index (Phi) is 4.82. The fraction of sp³-hybridized carbons (Fsp3) is 0.412. The molecule has 1 aromatic carbocycles. The van der Waals surface area contributed by atoms with E-state index in [0.29, 0.717) is 5.56 Å². The summed E-state index contributed by atoms with van der Waals surface area (Å²) < 4.78 is 0. The second-order valence-electron chi connectivity index (χ2n) is 7.06. The van der Waals surface area contributed by atoms with Gasteiger partial charge < -0.3 is 10.6 Å². The second kappa shape index (κ2) is 6.54. The predicted molar refractivity (Wildman–Crippen MR) is 90.5 cm³/mol. The molecule has 0 aliphatic carbocycles. The number of imide groups is 2. The van der Waals surface area contributed by atoms with E-state index in [2.05, 4.69) is 16.0 Å². The average molecular weight is 346 g/mol. The van der Waals surface area contributed by atoms with Crippen LogP contribution in [0.15, 0.2) is 30.3 Å². The maximum atomic E-state index is 12.7. The maximum absolute atomic E-state index is 12.7. The van der Waals surface area contributed by atoms with Gasteiger partial charge in [0.05, 0.1) is 0 Å². The van der Waals surface area contributed by atoms with Crippen LogP contribution in [0.4, 0.5) is 9.59 Å². The zero-order valence-electron chi connectivity index (χ0n) is 14.7. The zero-order valence-corrected chi connectivity index (χ0v) is 14.7. The van der Waals surface area contributed by atoms with Crippen molar-refractivity contribution < 1.29 is 19.2 Å². The first-order valence-electron chi connectivity index (χ1n) is 7.84. The van der Waals surface area contributed by atoms with Gasteiger partial charge in [0.1, 0.15) is 12.1 Å². The van der Waals surface area contributed by atoms with Crippen molar-refractivity contribution in [1.29, 1.82) is 0 Å². The van der Waals surface area contributed by atoms with Crippen LogP contribution in [0.25, 0.3) is 0 Å². The highest BCUT2D eigenvalue weighted by atomic mass is 16.2. The summed E-state index contributed by atoms with van der Waals surface area (Å²) >= 11 is 0. The summed E-state index contributed by atoms with van der Waals surface area (Å²) in [6.45, 7) is 6.33. The predicted octanol–water partition coefficient (Wildman–Crippen LogP) is 1.08. The van der Waals surface area contributed by atoms with Gasteiger partial charge in [0.15, 0.2) is 0 Å². The quantitative estimate of drug-likeness (QED) is 0.712. The molecule has 1 aliphatic heterocycles. The SMILES string of the molecule is CC(C)(C)NC(=O)NC(=O)CN1C(=O)N[C@@](C)(c2ccccc2)C1=O. The zero-order chi connectivity index (χ0) is 18.8. The Balaban J connectivity index is 2.06. The van der Waals surface area contributed by atoms with E-state index in [1.165, 1.54) is 0 Å². The van der Waals surface area contributed by atoms with Gasteiger partial charge in [-0.05, 0) is 33.3 Å². The molecule has 25 heavy (non-hydrogen) atoms. The van der Waals surface area contributed by atoms with Crippen LogP contribution in [0.3, 0.4) is 0 Å². The first-order valence-corrected chi connectivity index (χ1v) is 7.84. The number of amides is 6. The van der Waals surface area contributed by atoms with Crippen LogP contribution in [0.5, 0.6) is 0 Å². The van der Waals surface area contributed by atoms with Crippen LogP contribution in [0, 0.1) is 0 Å². The molecule has 1 aromatic rings. The van der Waals surface area contributed by atoms with Gasteiger partial charge in [-0.15, -0.1) is 0 Å². The molecule has 1 fully saturated rings. The molecule has 0 aromatic heterocycles. The third-order valence-electron chi connectivity index (χ3n) is 3.67. The third-order valence-corrected chi connectivity index (χ3v) is 3.67. The molecule has 0 saturated carbocycles. The molecule has 2 rings (SSSR count). The number of carbonyl (C=O) groups excluding carboxylic acids is 4. The van der Waals surface area contributed by atoms with Gasteiger partial charge in [0, 0.05) is 5.54 Å². The number of hydrogen-bond donors (Lipinski definition) is 3. The number of hydrogen-bond acceptors (Lipinski definition) is 4. The highest BCUT2D eigenvalue weighted by molar-refractivity contribution is 6.10. The van der Waals surface area contributed by atoms with Crippen molar-refractivity contribution in [3.05, 3.63) is 35.9 Å². The minimum Gasteiger partial charge on any atom is -0.333 e. The number of benzene rings is 1. The highest BCUT2D eigenvalue weighted by Gasteiger charge is 2.49. The second-order valence-corrected chi connectivity index (χ2v) is 7.06. The fourth-order valence-corrected chi connectivity index (χ4v) is 2.49. The van der Waals surface area contributed by atoms with Gasteiger partial charge >= 0.3 is 12.1 Å².